The lowest BCUT2D eigenvalue weighted by atomic mass is 9.72. The standard InChI is InChI=1S/C16H26O/c1-11-8-13(9-12(2)14(11)17)16(6,7)10-15(3,4)5/h8-9,17H,10H2,1-7H3. The number of aryl methyl sites for hydroxylation is 2. The van der Waals surface area contributed by atoms with Gasteiger partial charge in [0.1, 0.15) is 5.75 Å². The summed E-state index contributed by atoms with van der Waals surface area (Å²) in [7, 11) is 0. The van der Waals surface area contributed by atoms with Crippen molar-refractivity contribution in [1.29, 1.82) is 0 Å². The molecule has 0 spiro atoms. The molecule has 0 unspecified atom stereocenters. The summed E-state index contributed by atoms with van der Waals surface area (Å²) in [6.07, 6.45) is 1.13. The molecule has 0 saturated heterocycles. The molecule has 0 aliphatic rings. The van der Waals surface area contributed by atoms with Crippen molar-refractivity contribution in [3.63, 3.8) is 0 Å². The van der Waals surface area contributed by atoms with Crippen LogP contribution in [0.15, 0.2) is 12.1 Å². The number of aromatic hydroxyl groups is 1. The molecular weight excluding hydrogens is 208 g/mol. The molecule has 0 fully saturated rings. The average Bonchev–Trinajstić information content (AvgIpc) is 2.09. The fraction of sp³-hybridized carbons (Fsp3) is 0.625. The van der Waals surface area contributed by atoms with Crippen LogP contribution in [0.5, 0.6) is 5.75 Å². The van der Waals surface area contributed by atoms with Crippen LogP contribution in [0, 0.1) is 19.3 Å². The molecule has 17 heavy (non-hydrogen) atoms. The molecule has 1 nitrogen and oxygen atoms in total. The van der Waals surface area contributed by atoms with Gasteiger partial charge in [-0.2, -0.15) is 0 Å². The largest absolute Gasteiger partial charge is 0.507 e. The second-order valence-electron chi connectivity index (χ2n) is 7.08. The van der Waals surface area contributed by atoms with Gasteiger partial charge in [0.15, 0.2) is 0 Å². The molecule has 1 heteroatoms. The second-order valence-corrected chi connectivity index (χ2v) is 7.08. The van der Waals surface area contributed by atoms with Gasteiger partial charge in [-0.3, -0.25) is 0 Å². The van der Waals surface area contributed by atoms with Crippen LogP contribution in [-0.4, -0.2) is 5.11 Å². The third kappa shape index (κ3) is 3.49. The van der Waals surface area contributed by atoms with Crippen molar-refractivity contribution in [1.82, 2.24) is 0 Å². The van der Waals surface area contributed by atoms with Gasteiger partial charge in [-0.1, -0.05) is 46.8 Å². The minimum absolute atomic E-state index is 0.140. The van der Waals surface area contributed by atoms with Crippen molar-refractivity contribution < 1.29 is 5.11 Å². The van der Waals surface area contributed by atoms with Crippen molar-refractivity contribution in [2.24, 2.45) is 5.41 Å². The van der Waals surface area contributed by atoms with Gasteiger partial charge in [-0.05, 0) is 47.8 Å². The fourth-order valence-corrected chi connectivity index (χ4v) is 2.77. The third-order valence-corrected chi connectivity index (χ3v) is 3.24. The van der Waals surface area contributed by atoms with E-state index in [1.54, 1.807) is 0 Å². The van der Waals surface area contributed by atoms with Crippen molar-refractivity contribution in [3.05, 3.63) is 28.8 Å². The van der Waals surface area contributed by atoms with Gasteiger partial charge in [0.05, 0.1) is 0 Å². The summed E-state index contributed by atoms with van der Waals surface area (Å²) in [6.45, 7) is 15.3. The van der Waals surface area contributed by atoms with Gasteiger partial charge in [0.2, 0.25) is 0 Å². The number of hydrogen-bond donors (Lipinski definition) is 1. The zero-order valence-electron chi connectivity index (χ0n) is 12.3. The highest BCUT2D eigenvalue weighted by Crippen LogP contribution is 2.38. The van der Waals surface area contributed by atoms with Crippen LogP contribution in [0.2, 0.25) is 0 Å². The molecule has 1 N–H and O–H groups in total. The van der Waals surface area contributed by atoms with Crippen LogP contribution in [0.4, 0.5) is 0 Å². The highest BCUT2D eigenvalue weighted by atomic mass is 16.3. The summed E-state index contributed by atoms with van der Waals surface area (Å²) in [5, 5.41) is 9.83. The van der Waals surface area contributed by atoms with E-state index in [1.165, 1.54) is 5.56 Å². The first kappa shape index (κ1) is 14.1. The molecule has 0 aromatic heterocycles. The summed E-state index contributed by atoms with van der Waals surface area (Å²) in [6, 6.07) is 4.24. The zero-order chi connectivity index (χ0) is 13.4. The number of phenolic OH excluding ortho intramolecular Hbond substituents is 1. The normalized spacial score (nSPS) is 12.9. The van der Waals surface area contributed by atoms with Crippen LogP contribution < -0.4 is 0 Å². The van der Waals surface area contributed by atoms with Crippen LogP contribution in [0.25, 0.3) is 0 Å². The maximum Gasteiger partial charge on any atom is 0.121 e. The van der Waals surface area contributed by atoms with E-state index in [4.69, 9.17) is 0 Å². The van der Waals surface area contributed by atoms with E-state index in [1.807, 2.05) is 13.8 Å². The summed E-state index contributed by atoms with van der Waals surface area (Å²) in [5.74, 6) is 0.431. The number of hydrogen-bond acceptors (Lipinski definition) is 1. The Balaban J connectivity index is 3.16. The van der Waals surface area contributed by atoms with E-state index in [9.17, 15) is 5.11 Å². The summed E-state index contributed by atoms with van der Waals surface area (Å²) >= 11 is 0. The molecule has 0 aliphatic carbocycles. The van der Waals surface area contributed by atoms with Crippen LogP contribution in [0.1, 0.15) is 57.7 Å². The van der Waals surface area contributed by atoms with E-state index in [0.29, 0.717) is 11.2 Å². The Morgan fingerprint density at radius 1 is 0.941 bits per heavy atom. The maximum atomic E-state index is 9.83. The smallest absolute Gasteiger partial charge is 0.121 e. The lowest BCUT2D eigenvalue weighted by Crippen LogP contribution is -2.25. The maximum absolute atomic E-state index is 9.83. The monoisotopic (exact) mass is 234 g/mol. The second kappa shape index (κ2) is 4.36. The summed E-state index contributed by atoms with van der Waals surface area (Å²) in [5.41, 5.74) is 3.72. The van der Waals surface area contributed by atoms with Crippen molar-refractivity contribution in [3.8, 4) is 5.75 Å². The minimum atomic E-state index is 0.140. The third-order valence-electron chi connectivity index (χ3n) is 3.24. The quantitative estimate of drug-likeness (QED) is 0.784. The molecule has 0 radical (unpaired) electrons. The van der Waals surface area contributed by atoms with E-state index in [0.717, 1.165) is 17.5 Å². The van der Waals surface area contributed by atoms with Crippen LogP contribution in [0.3, 0.4) is 0 Å². The molecule has 0 amide bonds. The van der Waals surface area contributed by atoms with Gasteiger partial charge in [0, 0.05) is 0 Å². The average molecular weight is 234 g/mol. The first-order valence-electron chi connectivity index (χ1n) is 6.34. The van der Waals surface area contributed by atoms with E-state index in [2.05, 4.69) is 46.8 Å². The predicted molar refractivity (Wildman–Crippen MR) is 74.7 cm³/mol. The minimum Gasteiger partial charge on any atom is -0.507 e. The Morgan fingerprint density at radius 3 is 1.71 bits per heavy atom. The van der Waals surface area contributed by atoms with E-state index < -0.39 is 0 Å². The van der Waals surface area contributed by atoms with Gasteiger partial charge >= 0.3 is 0 Å². The Hall–Kier alpha value is -0.980. The number of benzene rings is 1. The molecule has 1 rings (SSSR count). The fourth-order valence-electron chi connectivity index (χ4n) is 2.77. The lowest BCUT2D eigenvalue weighted by molar-refractivity contribution is 0.284. The lowest BCUT2D eigenvalue weighted by Gasteiger charge is -2.33. The van der Waals surface area contributed by atoms with Gasteiger partial charge in [-0.15, -0.1) is 0 Å². The van der Waals surface area contributed by atoms with E-state index >= 15 is 0 Å². The summed E-state index contributed by atoms with van der Waals surface area (Å²) < 4.78 is 0. The Kier molecular flexibility index (Phi) is 3.61. The SMILES string of the molecule is Cc1cc(C(C)(C)CC(C)(C)C)cc(C)c1O. The van der Waals surface area contributed by atoms with Crippen molar-refractivity contribution in [2.75, 3.05) is 0 Å². The summed E-state index contributed by atoms with van der Waals surface area (Å²) in [4.78, 5) is 0. The number of phenols is 1. The molecule has 0 aliphatic heterocycles. The highest BCUT2D eigenvalue weighted by Gasteiger charge is 2.27. The molecular formula is C16H26O. The molecule has 0 heterocycles. The molecule has 0 saturated carbocycles. The van der Waals surface area contributed by atoms with Gasteiger partial charge in [-0.25, -0.2) is 0 Å². The topological polar surface area (TPSA) is 20.2 Å². The van der Waals surface area contributed by atoms with Gasteiger partial charge < -0.3 is 5.11 Å². The molecule has 96 valence electrons. The zero-order valence-corrected chi connectivity index (χ0v) is 12.3. The highest BCUT2D eigenvalue weighted by molar-refractivity contribution is 5.44. The predicted octanol–water partition coefficient (Wildman–Crippen LogP) is 4.72. The number of rotatable bonds is 2. The molecule has 0 atom stereocenters. The Morgan fingerprint density at radius 2 is 1.35 bits per heavy atom. The van der Waals surface area contributed by atoms with E-state index in [-0.39, 0.29) is 5.41 Å². The van der Waals surface area contributed by atoms with Crippen LogP contribution in [-0.2, 0) is 5.41 Å². The molecule has 0 bridgehead atoms. The van der Waals surface area contributed by atoms with Crippen molar-refractivity contribution in [2.45, 2.75) is 60.3 Å². The first-order valence-corrected chi connectivity index (χ1v) is 6.34. The van der Waals surface area contributed by atoms with Crippen molar-refractivity contribution >= 4 is 0 Å². The first-order chi connectivity index (χ1) is 7.53. The molecule has 1 aromatic rings. The Bertz CT molecular complexity index is 385. The Labute approximate surface area is 106 Å². The van der Waals surface area contributed by atoms with Gasteiger partial charge in [0.25, 0.3) is 0 Å². The van der Waals surface area contributed by atoms with Crippen LogP contribution >= 0.6 is 0 Å². The molecule has 1 aromatic carbocycles.